The standard InChI is InChI=1S/C13H21NO3S/c1-3-18(15,16)9-5-8-17-13-7-4-6-12(10-13)11(2)14/h4,6-7,10-11H,3,5,8-9,14H2,1-2H3. The zero-order valence-corrected chi connectivity index (χ0v) is 11.7. The molecule has 0 heterocycles. The van der Waals surface area contributed by atoms with E-state index in [1.165, 1.54) is 0 Å². The Morgan fingerprint density at radius 1 is 1.39 bits per heavy atom. The zero-order valence-electron chi connectivity index (χ0n) is 10.9. The lowest BCUT2D eigenvalue weighted by atomic mass is 10.1. The maximum absolute atomic E-state index is 11.3. The van der Waals surface area contributed by atoms with E-state index < -0.39 is 9.84 Å². The summed E-state index contributed by atoms with van der Waals surface area (Å²) in [6.07, 6.45) is 0.512. The van der Waals surface area contributed by atoms with Crippen LogP contribution in [0.1, 0.15) is 31.9 Å². The lowest BCUT2D eigenvalue weighted by Crippen LogP contribution is -2.12. The second-order valence-corrected chi connectivity index (χ2v) is 6.77. The molecule has 0 aromatic heterocycles. The van der Waals surface area contributed by atoms with Crippen molar-refractivity contribution in [3.63, 3.8) is 0 Å². The minimum atomic E-state index is -2.90. The van der Waals surface area contributed by atoms with Gasteiger partial charge in [-0.25, -0.2) is 8.42 Å². The smallest absolute Gasteiger partial charge is 0.150 e. The zero-order chi connectivity index (χ0) is 13.6. The van der Waals surface area contributed by atoms with Gasteiger partial charge in [0.25, 0.3) is 0 Å². The van der Waals surface area contributed by atoms with Gasteiger partial charge < -0.3 is 10.5 Å². The molecule has 102 valence electrons. The summed E-state index contributed by atoms with van der Waals surface area (Å²) in [5, 5.41) is 0. The lowest BCUT2D eigenvalue weighted by molar-refractivity contribution is 0.317. The molecule has 0 spiro atoms. The van der Waals surface area contributed by atoms with E-state index in [1.807, 2.05) is 31.2 Å². The van der Waals surface area contributed by atoms with Crippen LogP contribution in [-0.4, -0.2) is 26.5 Å². The van der Waals surface area contributed by atoms with Crippen LogP contribution in [-0.2, 0) is 9.84 Å². The molecule has 0 radical (unpaired) electrons. The van der Waals surface area contributed by atoms with Crippen LogP contribution >= 0.6 is 0 Å². The van der Waals surface area contributed by atoms with Gasteiger partial charge in [-0.15, -0.1) is 0 Å². The largest absolute Gasteiger partial charge is 0.494 e. The number of rotatable bonds is 7. The van der Waals surface area contributed by atoms with Crippen LogP contribution in [0.4, 0.5) is 0 Å². The second-order valence-electron chi connectivity index (χ2n) is 4.30. The van der Waals surface area contributed by atoms with Gasteiger partial charge in [0.05, 0.1) is 12.4 Å². The molecule has 0 aliphatic carbocycles. The highest BCUT2D eigenvalue weighted by atomic mass is 32.2. The van der Waals surface area contributed by atoms with Crippen molar-refractivity contribution in [1.82, 2.24) is 0 Å². The van der Waals surface area contributed by atoms with Crippen molar-refractivity contribution in [3.05, 3.63) is 29.8 Å². The minimum Gasteiger partial charge on any atom is -0.494 e. The van der Waals surface area contributed by atoms with Gasteiger partial charge in [0.2, 0.25) is 0 Å². The number of sulfone groups is 1. The quantitative estimate of drug-likeness (QED) is 0.769. The first-order chi connectivity index (χ1) is 8.44. The van der Waals surface area contributed by atoms with Crippen molar-refractivity contribution in [2.45, 2.75) is 26.3 Å². The molecule has 0 amide bonds. The van der Waals surface area contributed by atoms with Crippen molar-refractivity contribution >= 4 is 9.84 Å². The number of benzene rings is 1. The topological polar surface area (TPSA) is 69.4 Å². The van der Waals surface area contributed by atoms with Gasteiger partial charge in [0.1, 0.15) is 15.6 Å². The van der Waals surface area contributed by atoms with E-state index in [4.69, 9.17) is 10.5 Å². The van der Waals surface area contributed by atoms with E-state index in [-0.39, 0.29) is 17.5 Å². The average molecular weight is 271 g/mol. The molecule has 1 unspecified atom stereocenters. The summed E-state index contributed by atoms with van der Waals surface area (Å²) < 4.78 is 28.1. The minimum absolute atomic E-state index is 0.0333. The molecule has 1 aromatic rings. The summed E-state index contributed by atoms with van der Waals surface area (Å²) in [6.45, 7) is 3.97. The van der Waals surface area contributed by atoms with Crippen LogP contribution in [0.25, 0.3) is 0 Å². The molecule has 5 heteroatoms. The van der Waals surface area contributed by atoms with Crippen molar-refractivity contribution < 1.29 is 13.2 Å². The maximum Gasteiger partial charge on any atom is 0.150 e. The van der Waals surface area contributed by atoms with E-state index in [2.05, 4.69) is 0 Å². The molecule has 1 atom stereocenters. The van der Waals surface area contributed by atoms with Crippen molar-refractivity contribution in [2.75, 3.05) is 18.1 Å². The Morgan fingerprint density at radius 3 is 2.72 bits per heavy atom. The number of nitrogens with two attached hydrogens (primary N) is 1. The summed E-state index contributed by atoms with van der Waals surface area (Å²) in [5.41, 5.74) is 6.79. The van der Waals surface area contributed by atoms with Gasteiger partial charge >= 0.3 is 0 Å². The molecule has 0 fully saturated rings. The van der Waals surface area contributed by atoms with E-state index in [9.17, 15) is 8.42 Å². The SMILES string of the molecule is CCS(=O)(=O)CCCOc1cccc(C(C)N)c1. The summed E-state index contributed by atoms with van der Waals surface area (Å²) in [6, 6.07) is 7.53. The highest BCUT2D eigenvalue weighted by Gasteiger charge is 2.07. The Morgan fingerprint density at radius 2 is 2.11 bits per heavy atom. The third-order valence-corrected chi connectivity index (χ3v) is 4.48. The van der Waals surface area contributed by atoms with Crippen molar-refractivity contribution in [1.29, 1.82) is 0 Å². The molecule has 1 aromatic carbocycles. The van der Waals surface area contributed by atoms with Gasteiger partial charge in [-0.2, -0.15) is 0 Å². The molecule has 18 heavy (non-hydrogen) atoms. The van der Waals surface area contributed by atoms with Crippen LogP contribution in [0.3, 0.4) is 0 Å². The maximum atomic E-state index is 11.3. The van der Waals surface area contributed by atoms with Crippen molar-refractivity contribution in [3.8, 4) is 5.75 Å². The molecule has 0 aliphatic heterocycles. The number of hydrogen-bond donors (Lipinski definition) is 1. The molecule has 1 rings (SSSR count). The van der Waals surface area contributed by atoms with E-state index in [0.717, 1.165) is 11.3 Å². The van der Waals surface area contributed by atoms with Crippen LogP contribution < -0.4 is 10.5 Å². The molecule has 0 saturated heterocycles. The Labute approximate surface area is 109 Å². The van der Waals surface area contributed by atoms with Gasteiger partial charge in [-0.3, -0.25) is 0 Å². The first-order valence-electron chi connectivity index (χ1n) is 6.13. The molecule has 2 N–H and O–H groups in total. The highest BCUT2D eigenvalue weighted by molar-refractivity contribution is 7.91. The Bertz CT molecular complexity index is 469. The van der Waals surface area contributed by atoms with Crippen LogP contribution in [0, 0.1) is 0 Å². The summed E-state index contributed by atoms with van der Waals surface area (Å²) in [4.78, 5) is 0. The monoisotopic (exact) mass is 271 g/mol. The first kappa shape index (κ1) is 15.0. The Hall–Kier alpha value is -1.07. The molecule has 0 bridgehead atoms. The lowest BCUT2D eigenvalue weighted by Gasteiger charge is -2.10. The fourth-order valence-electron chi connectivity index (χ4n) is 1.50. The summed E-state index contributed by atoms with van der Waals surface area (Å²) in [5.74, 6) is 1.10. The second kappa shape index (κ2) is 6.75. The van der Waals surface area contributed by atoms with E-state index in [1.54, 1.807) is 6.92 Å². The predicted octanol–water partition coefficient (Wildman–Crippen LogP) is 1.91. The fraction of sp³-hybridized carbons (Fsp3) is 0.538. The molecule has 0 saturated carbocycles. The molecule has 0 aliphatic rings. The van der Waals surface area contributed by atoms with E-state index >= 15 is 0 Å². The Kier molecular flexibility index (Phi) is 5.62. The Balaban J connectivity index is 2.42. The normalized spacial score (nSPS) is 13.3. The van der Waals surface area contributed by atoms with Crippen molar-refractivity contribution in [2.24, 2.45) is 5.73 Å². The number of ether oxygens (including phenoxy) is 1. The third-order valence-electron chi connectivity index (χ3n) is 2.69. The number of hydrogen-bond acceptors (Lipinski definition) is 4. The summed E-state index contributed by atoms with van der Waals surface area (Å²) >= 11 is 0. The third kappa shape index (κ3) is 5.06. The van der Waals surface area contributed by atoms with Gasteiger partial charge in [0.15, 0.2) is 0 Å². The van der Waals surface area contributed by atoms with Gasteiger partial charge in [0, 0.05) is 11.8 Å². The highest BCUT2D eigenvalue weighted by Crippen LogP contribution is 2.17. The van der Waals surface area contributed by atoms with Crippen LogP contribution in [0.5, 0.6) is 5.75 Å². The predicted molar refractivity (Wildman–Crippen MR) is 73.5 cm³/mol. The molecular weight excluding hydrogens is 250 g/mol. The van der Waals surface area contributed by atoms with E-state index in [0.29, 0.717) is 13.0 Å². The van der Waals surface area contributed by atoms with Gasteiger partial charge in [-0.05, 0) is 31.0 Å². The van der Waals surface area contributed by atoms with Crippen LogP contribution in [0.15, 0.2) is 24.3 Å². The average Bonchev–Trinajstić information content (AvgIpc) is 2.35. The van der Waals surface area contributed by atoms with Gasteiger partial charge in [-0.1, -0.05) is 19.1 Å². The molecule has 4 nitrogen and oxygen atoms in total. The summed E-state index contributed by atoms with van der Waals surface area (Å²) in [7, 11) is -2.90. The first-order valence-corrected chi connectivity index (χ1v) is 7.95. The van der Waals surface area contributed by atoms with Crippen LogP contribution in [0.2, 0.25) is 0 Å². The molecular formula is C13H21NO3S. The fourth-order valence-corrected chi connectivity index (χ4v) is 2.35.